The van der Waals surface area contributed by atoms with E-state index < -0.39 is 47.7 Å². The number of rotatable bonds is 17. The summed E-state index contributed by atoms with van der Waals surface area (Å²) in [6.45, 7) is 9.43. The van der Waals surface area contributed by atoms with E-state index >= 15 is 0 Å². The van der Waals surface area contributed by atoms with Crippen LogP contribution in [0.5, 0.6) is 0 Å². The van der Waals surface area contributed by atoms with Crippen molar-refractivity contribution in [2.45, 2.75) is 116 Å². The number of nitrogens with two attached hydrogens (primary N) is 2. The second-order valence-electron chi connectivity index (χ2n) is 15.0. The zero-order chi connectivity index (χ0) is 38.9. The van der Waals surface area contributed by atoms with Crippen molar-refractivity contribution in [1.82, 2.24) is 20.5 Å². The molecule has 1 aliphatic heterocycles. The van der Waals surface area contributed by atoms with Crippen molar-refractivity contribution in [3.8, 4) is 10.4 Å². The summed E-state index contributed by atoms with van der Waals surface area (Å²) in [6, 6.07) is 12.7. The van der Waals surface area contributed by atoms with E-state index in [1.807, 2.05) is 88.7 Å². The zero-order valence-corrected chi connectivity index (χ0v) is 32.1. The van der Waals surface area contributed by atoms with Gasteiger partial charge in [-0.05, 0) is 73.8 Å². The first kappa shape index (κ1) is 41.4. The Morgan fingerprint density at radius 1 is 1.06 bits per heavy atom. The molecule has 14 heteroatoms. The van der Waals surface area contributed by atoms with E-state index in [-0.39, 0.29) is 50.1 Å². The number of β-amino-alcohol motifs (C(OH)–C–C–N with tert-alkyl or cyclic N) is 1. The Morgan fingerprint density at radius 2 is 1.77 bits per heavy atom. The average molecular weight is 750 g/mol. The topological polar surface area (TPSA) is 213 Å². The van der Waals surface area contributed by atoms with Crippen molar-refractivity contribution in [2.75, 3.05) is 11.9 Å². The number of nitrogens with zero attached hydrogens (tertiary/aromatic N) is 2. The Bertz CT molecular complexity index is 1710. The van der Waals surface area contributed by atoms with Crippen LogP contribution < -0.4 is 27.4 Å². The molecule has 53 heavy (non-hydrogen) atoms. The number of carbonyl (C=O) groups is 4. The van der Waals surface area contributed by atoms with Crippen LogP contribution in [-0.2, 0) is 25.6 Å². The van der Waals surface area contributed by atoms with Gasteiger partial charge >= 0.3 is 0 Å². The van der Waals surface area contributed by atoms with E-state index in [1.54, 1.807) is 11.3 Å². The largest absolute Gasteiger partial charge is 0.391 e. The maximum atomic E-state index is 14.0. The highest BCUT2D eigenvalue weighted by Crippen LogP contribution is 2.30. The van der Waals surface area contributed by atoms with Gasteiger partial charge in [0.15, 0.2) is 0 Å². The minimum absolute atomic E-state index is 0.000902. The molecule has 1 aromatic heterocycles. The summed E-state index contributed by atoms with van der Waals surface area (Å²) in [5.41, 5.74) is 16.9. The maximum absolute atomic E-state index is 14.0. The van der Waals surface area contributed by atoms with Crippen molar-refractivity contribution >= 4 is 40.7 Å². The number of likely N-dealkylation sites (tertiary alicyclic amines) is 1. The summed E-state index contributed by atoms with van der Waals surface area (Å²) in [5, 5.41) is 29.9. The molecule has 9 N–H and O–H groups in total. The lowest BCUT2D eigenvalue weighted by atomic mass is 9.85. The Hall–Kier alpha value is -4.37. The first-order valence-corrected chi connectivity index (χ1v) is 19.1. The minimum Gasteiger partial charge on any atom is -0.391 e. The molecule has 2 heterocycles. The smallest absolute Gasteiger partial charge is 0.246 e. The number of benzene rings is 2. The number of aliphatic hydroxyl groups excluding tert-OH is 2. The highest BCUT2D eigenvalue weighted by Gasteiger charge is 2.44. The van der Waals surface area contributed by atoms with Crippen LogP contribution in [0.3, 0.4) is 0 Å². The molecule has 2 aromatic carbocycles. The van der Waals surface area contributed by atoms with Gasteiger partial charge in [-0.1, -0.05) is 57.2 Å². The van der Waals surface area contributed by atoms with Gasteiger partial charge in [0.2, 0.25) is 23.6 Å². The molecule has 13 nitrogen and oxygen atoms in total. The lowest BCUT2D eigenvalue weighted by molar-refractivity contribution is -0.144. The Labute approximate surface area is 315 Å². The highest BCUT2D eigenvalue weighted by atomic mass is 32.1. The quantitative estimate of drug-likeness (QED) is 0.0794. The van der Waals surface area contributed by atoms with Crippen LogP contribution in [0.2, 0.25) is 0 Å². The number of thiazole rings is 1. The normalized spacial score (nSPS) is 18.2. The minimum atomic E-state index is -1.05. The number of nitrogens with one attached hydrogen (secondary N) is 3. The first-order valence-electron chi connectivity index (χ1n) is 18.2. The summed E-state index contributed by atoms with van der Waals surface area (Å²) in [5.74, 6) is -1.51. The highest BCUT2D eigenvalue weighted by molar-refractivity contribution is 7.13. The second-order valence-corrected chi connectivity index (χ2v) is 15.9. The van der Waals surface area contributed by atoms with Gasteiger partial charge in [0.05, 0.1) is 28.2 Å². The lowest BCUT2D eigenvalue weighted by Crippen LogP contribution is -2.57. The van der Waals surface area contributed by atoms with Crippen LogP contribution in [0, 0.1) is 12.3 Å². The number of primary amides is 1. The van der Waals surface area contributed by atoms with E-state index in [9.17, 15) is 29.4 Å². The summed E-state index contributed by atoms with van der Waals surface area (Å²) < 4.78 is 0. The maximum Gasteiger partial charge on any atom is 0.246 e. The standard InChI is InChI=1S/C39H55N7O6S/c1-23(26-13-15-27(16-14-26)34-24(2)42-22-53-34)43-37(51)31-20-29(47)21-46(31)38(52)35(39(3,4)5)45-33(49)12-7-6-9-25-10-8-11-28(19-25)44-36(50)30(40)17-18-32(41)48/h8,10-11,13-16,19,22-23,29-31,35-36,44,47,50H,6-7,9,12,17-18,20-21,40H2,1-5H3,(H2,41,48)(H,43,51)(H,45,49)/t23-,29+,30-,31-,35+,36?/m0/s1. The molecule has 1 aliphatic rings. The molecule has 0 radical (unpaired) electrons. The van der Waals surface area contributed by atoms with Gasteiger partial charge in [0, 0.05) is 37.5 Å². The van der Waals surface area contributed by atoms with Gasteiger partial charge in [-0.3, -0.25) is 19.2 Å². The monoisotopic (exact) mass is 749 g/mol. The van der Waals surface area contributed by atoms with Gasteiger partial charge < -0.3 is 42.5 Å². The molecule has 288 valence electrons. The molecule has 4 amide bonds. The van der Waals surface area contributed by atoms with Gasteiger partial charge in [-0.15, -0.1) is 11.3 Å². The fourth-order valence-corrected chi connectivity index (χ4v) is 7.24. The van der Waals surface area contributed by atoms with Crippen molar-refractivity contribution in [1.29, 1.82) is 0 Å². The molecule has 4 rings (SSSR count). The third kappa shape index (κ3) is 11.8. The number of anilines is 1. The van der Waals surface area contributed by atoms with E-state index in [2.05, 4.69) is 20.9 Å². The van der Waals surface area contributed by atoms with Crippen LogP contribution in [0.4, 0.5) is 5.69 Å². The number of aromatic nitrogens is 1. The number of amides is 4. The SMILES string of the molecule is Cc1ncsc1-c1ccc([C@H](C)NC(=O)[C@@H]2C[C@@H](O)CN2C(=O)[C@@H](NC(=O)CCCCc2cccc(NC(O)[C@@H](N)CCC(N)=O)c2)C(C)(C)C)cc1. The van der Waals surface area contributed by atoms with Crippen molar-refractivity contribution in [2.24, 2.45) is 16.9 Å². The number of unbranched alkanes of at least 4 members (excludes halogenated alkanes) is 1. The van der Waals surface area contributed by atoms with Crippen molar-refractivity contribution in [3.63, 3.8) is 0 Å². The Kier molecular flexibility index (Phi) is 14.5. The fourth-order valence-electron chi connectivity index (χ4n) is 6.42. The molecule has 1 fully saturated rings. The molecular formula is C39H55N7O6S. The predicted octanol–water partition coefficient (Wildman–Crippen LogP) is 3.52. The molecule has 0 aliphatic carbocycles. The van der Waals surface area contributed by atoms with Gasteiger partial charge in [-0.25, -0.2) is 4.98 Å². The summed E-state index contributed by atoms with van der Waals surface area (Å²) >= 11 is 1.57. The first-order chi connectivity index (χ1) is 25.0. The molecule has 0 saturated carbocycles. The molecule has 1 saturated heterocycles. The number of aryl methyl sites for hydroxylation is 2. The summed E-state index contributed by atoms with van der Waals surface area (Å²) in [4.78, 5) is 58.6. The number of hydrogen-bond donors (Lipinski definition) is 7. The Morgan fingerprint density at radius 3 is 2.42 bits per heavy atom. The van der Waals surface area contributed by atoms with Crippen molar-refractivity contribution < 1.29 is 29.4 Å². The van der Waals surface area contributed by atoms with Crippen LogP contribution >= 0.6 is 11.3 Å². The molecule has 3 aromatic rings. The number of carbonyl (C=O) groups excluding carboxylic acids is 4. The third-order valence-electron chi connectivity index (χ3n) is 9.55. The van der Waals surface area contributed by atoms with Crippen LogP contribution in [0.25, 0.3) is 10.4 Å². The van der Waals surface area contributed by atoms with Gasteiger partial charge in [0.1, 0.15) is 18.3 Å². The van der Waals surface area contributed by atoms with E-state index in [4.69, 9.17) is 11.5 Å². The van der Waals surface area contributed by atoms with Gasteiger partial charge in [0.25, 0.3) is 0 Å². The fraction of sp³-hybridized carbons (Fsp3) is 0.513. The van der Waals surface area contributed by atoms with Crippen LogP contribution in [0.1, 0.15) is 89.1 Å². The predicted molar refractivity (Wildman–Crippen MR) is 206 cm³/mol. The molecule has 1 unspecified atom stereocenters. The van der Waals surface area contributed by atoms with Gasteiger partial charge in [-0.2, -0.15) is 0 Å². The van der Waals surface area contributed by atoms with E-state index in [1.165, 1.54) is 4.90 Å². The van der Waals surface area contributed by atoms with Crippen LogP contribution in [0.15, 0.2) is 54.0 Å². The summed E-state index contributed by atoms with van der Waals surface area (Å²) in [6.07, 6.45) is 0.710. The van der Waals surface area contributed by atoms with E-state index in [0.717, 1.165) is 27.3 Å². The molecule has 0 spiro atoms. The lowest BCUT2D eigenvalue weighted by Gasteiger charge is -2.35. The Balaban J connectivity index is 1.29. The third-order valence-corrected chi connectivity index (χ3v) is 10.5. The molecule has 6 atom stereocenters. The number of aliphatic hydroxyl groups is 2. The average Bonchev–Trinajstić information content (AvgIpc) is 3.72. The van der Waals surface area contributed by atoms with Crippen LogP contribution in [-0.4, -0.2) is 80.7 Å². The second kappa shape index (κ2) is 18.6. The molecular weight excluding hydrogens is 695 g/mol. The summed E-state index contributed by atoms with van der Waals surface area (Å²) in [7, 11) is 0. The van der Waals surface area contributed by atoms with Crippen molar-refractivity contribution in [3.05, 3.63) is 70.9 Å². The number of hydrogen-bond acceptors (Lipinski definition) is 10. The molecule has 0 bridgehead atoms. The zero-order valence-electron chi connectivity index (χ0n) is 31.3. The van der Waals surface area contributed by atoms with E-state index in [0.29, 0.717) is 24.9 Å².